The lowest BCUT2D eigenvalue weighted by Gasteiger charge is -2.03. The van der Waals surface area contributed by atoms with Crippen LogP contribution in [0.15, 0.2) is 11.4 Å². The number of nitrogens with zero attached hydrogens (tertiary/aromatic N) is 1. The Labute approximate surface area is 101 Å². The van der Waals surface area contributed by atoms with E-state index in [9.17, 15) is 0 Å². The summed E-state index contributed by atoms with van der Waals surface area (Å²) in [5.41, 5.74) is 0.757. The molecule has 1 aromatic rings. The lowest BCUT2D eigenvalue weighted by Crippen LogP contribution is -2.15. The van der Waals surface area contributed by atoms with E-state index >= 15 is 0 Å². The van der Waals surface area contributed by atoms with E-state index in [-0.39, 0.29) is 0 Å². The summed E-state index contributed by atoms with van der Waals surface area (Å²) in [5, 5.41) is 13.9. The molecule has 0 fully saturated rings. The lowest BCUT2D eigenvalue weighted by molar-refractivity contribution is 0.132. The fourth-order valence-electron chi connectivity index (χ4n) is 1.29. The van der Waals surface area contributed by atoms with Crippen LogP contribution in [0.25, 0.3) is 0 Å². The molecule has 0 radical (unpaired) electrons. The molecule has 0 bridgehead atoms. The molecule has 0 spiro atoms. The Morgan fingerprint density at radius 3 is 3.06 bits per heavy atom. The average Bonchev–Trinajstić information content (AvgIpc) is 2.76. The van der Waals surface area contributed by atoms with Crippen LogP contribution in [0.3, 0.4) is 0 Å². The summed E-state index contributed by atoms with van der Waals surface area (Å²) in [6, 6.07) is 4.07. The van der Waals surface area contributed by atoms with E-state index in [0.29, 0.717) is 0 Å². The van der Waals surface area contributed by atoms with Gasteiger partial charge >= 0.3 is 0 Å². The van der Waals surface area contributed by atoms with Crippen LogP contribution in [-0.4, -0.2) is 19.8 Å². The Kier molecular flexibility index (Phi) is 6.82. The van der Waals surface area contributed by atoms with E-state index in [1.165, 1.54) is 4.88 Å². The number of hydrogen-bond acceptors (Lipinski definition) is 4. The molecule has 3 nitrogen and oxygen atoms in total. The van der Waals surface area contributed by atoms with Crippen molar-refractivity contribution < 1.29 is 4.74 Å². The third-order valence-corrected chi connectivity index (χ3v) is 3.01. The van der Waals surface area contributed by atoms with Gasteiger partial charge in [0, 0.05) is 30.0 Å². The second-order valence-electron chi connectivity index (χ2n) is 3.56. The smallest absolute Gasteiger partial charge is 0.100 e. The molecule has 16 heavy (non-hydrogen) atoms. The molecular formula is C12H18N2OS. The van der Waals surface area contributed by atoms with Gasteiger partial charge < -0.3 is 10.1 Å². The minimum atomic E-state index is 0.757. The van der Waals surface area contributed by atoms with E-state index < -0.39 is 0 Å². The molecule has 0 atom stereocenters. The zero-order valence-corrected chi connectivity index (χ0v) is 10.5. The highest BCUT2D eigenvalue weighted by Crippen LogP contribution is 2.13. The van der Waals surface area contributed by atoms with Crippen molar-refractivity contribution in [1.29, 1.82) is 5.26 Å². The van der Waals surface area contributed by atoms with Crippen LogP contribution < -0.4 is 5.32 Å². The Morgan fingerprint density at radius 1 is 1.50 bits per heavy atom. The fourth-order valence-corrected chi connectivity index (χ4v) is 2.07. The van der Waals surface area contributed by atoms with Crippen molar-refractivity contribution in [2.45, 2.75) is 26.3 Å². The van der Waals surface area contributed by atoms with Crippen LogP contribution >= 0.6 is 11.3 Å². The van der Waals surface area contributed by atoms with Crippen molar-refractivity contribution in [3.8, 4) is 6.07 Å². The molecule has 0 saturated heterocycles. The topological polar surface area (TPSA) is 45.0 Å². The lowest BCUT2D eigenvalue weighted by atomic mass is 10.3. The first-order valence-corrected chi connectivity index (χ1v) is 6.50. The number of hydrogen-bond donors (Lipinski definition) is 1. The van der Waals surface area contributed by atoms with Gasteiger partial charge in [-0.2, -0.15) is 5.26 Å². The van der Waals surface area contributed by atoms with E-state index in [1.54, 1.807) is 11.3 Å². The van der Waals surface area contributed by atoms with Crippen LogP contribution in [-0.2, 0) is 11.3 Å². The maximum absolute atomic E-state index is 8.66. The number of ether oxygens (including phenoxy) is 1. The molecule has 0 aliphatic heterocycles. The van der Waals surface area contributed by atoms with Gasteiger partial charge in [-0.3, -0.25) is 0 Å². The van der Waals surface area contributed by atoms with Gasteiger partial charge in [0.2, 0.25) is 0 Å². The van der Waals surface area contributed by atoms with Crippen molar-refractivity contribution in [3.05, 3.63) is 21.9 Å². The largest absolute Gasteiger partial charge is 0.381 e. The second kappa shape index (κ2) is 8.28. The zero-order chi connectivity index (χ0) is 11.6. The summed E-state index contributed by atoms with van der Waals surface area (Å²) >= 11 is 1.63. The number of nitriles is 1. The van der Waals surface area contributed by atoms with Gasteiger partial charge in [0.05, 0.1) is 5.56 Å². The Bertz CT molecular complexity index is 330. The number of rotatable bonds is 8. The van der Waals surface area contributed by atoms with Gasteiger partial charge in [0.1, 0.15) is 6.07 Å². The highest BCUT2D eigenvalue weighted by molar-refractivity contribution is 7.10. The molecule has 0 aliphatic rings. The van der Waals surface area contributed by atoms with E-state index in [2.05, 4.69) is 18.3 Å². The van der Waals surface area contributed by atoms with E-state index in [0.717, 1.165) is 44.7 Å². The summed E-state index contributed by atoms with van der Waals surface area (Å²) in [4.78, 5) is 1.21. The zero-order valence-electron chi connectivity index (χ0n) is 9.66. The average molecular weight is 238 g/mol. The highest BCUT2D eigenvalue weighted by atomic mass is 32.1. The van der Waals surface area contributed by atoms with Crippen molar-refractivity contribution in [3.63, 3.8) is 0 Å². The molecule has 88 valence electrons. The first-order chi connectivity index (χ1) is 7.86. The quantitative estimate of drug-likeness (QED) is 0.708. The van der Waals surface area contributed by atoms with E-state index in [4.69, 9.17) is 10.00 Å². The van der Waals surface area contributed by atoms with Gasteiger partial charge in [0.15, 0.2) is 0 Å². The standard InChI is InChI=1S/C12H18N2OS/c1-2-5-15-6-3-4-14-9-12-7-11(8-13)10-16-12/h7,10,14H,2-6,9H2,1H3. The summed E-state index contributed by atoms with van der Waals surface area (Å²) in [7, 11) is 0. The minimum absolute atomic E-state index is 0.757. The minimum Gasteiger partial charge on any atom is -0.381 e. The van der Waals surface area contributed by atoms with Crippen LogP contribution in [0.1, 0.15) is 30.2 Å². The molecule has 1 heterocycles. The summed E-state index contributed by atoms with van der Waals surface area (Å²) in [5.74, 6) is 0. The molecule has 1 N–H and O–H groups in total. The predicted molar refractivity (Wildman–Crippen MR) is 66.5 cm³/mol. The Morgan fingerprint density at radius 2 is 2.38 bits per heavy atom. The first kappa shape index (κ1) is 13.2. The Hall–Kier alpha value is -0.890. The maximum Gasteiger partial charge on any atom is 0.100 e. The van der Waals surface area contributed by atoms with Crippen molar-refractivity contribution in [2.75, 3.05) is 19.8 Å². The normalized spacial score (nSPS) is 10.2. The van der Waals surface area contributed by atoms with E-state index in [1.807, 2.05) is 11.4 Å². The molecule has 0 unspecified atom stereocenters. The van der Waals surface area contributed by atoms with Crippen LogP contribution in [0.4, 0.5) is 0 Å². The molecule has 1 rings (SSSR count). The molecule has 0 amide bonds. The van der Waals surface area contributed by atoms with Crippen molar-refractivity contribution >= 4 is 11.3 Å². The highest BCUT2D eigenvalue weighted by Gasteiger charge is 1.98. The van der Waals surface area contributed by atoms with Crippen molar-refractivity contribution in [1.82, 2.24) is 5.32 Å². The van der Waals surface area contributed by atoms with Crippen LogP contribution in [0, 0.1) is 11.3 Å². The molecular weight excluding hydrogens is 220 g/mol. The molecule has 4 heteroatoms. The second-order valence-corrected chi connectivity index (χ2v) is 4.55. The maximum atomic E-state index is 8.66. The third-order valence-electron chi connectivity index (χ3n) is 2.07. The van der Waals surface area contributed by atoms with Gasteiger partial charge in [-0.05, 0) is 25.5 Å². The van der Waals surface area contributed by atoms with Gasteiger partial charge in [-0.15, -0.1) is 11.3 Å². The third kappa shape index (κ3) is 5.26. The van der Waals surface area contributed by atoms with Crippen LogP contribution in [0.2, 0.25) is 0 Å². The predicted octanol–water partition coefficient (Wildman–Crippen LogP) is 2.53. The fraction of sp³-hybridized carbons (Fsp3) is 0.583. The summed E-state index contributed by atoms with van der Waals surface area (Å²) in [6.07, 6.45) is 2.12. The SMILES string of the molecule is CCCOCCCNCc1cc(C#N)cs1. The monoisotopic (exact) mass is 238 g/mol. The summed E-state index contributed by atoms with van der Waals surface area (Å²) in [6.45, 7) is 5.61. The van der Waals surface area contributed by atoms with Crippen LogP contribution in [0.5, 0.6) is 0 Å². The number of nitrogens with one attached hydrogen (secondary N) is 1. The molecule has 0 aliphatic carbocycles. The van der Waals surface area contributed by atoms with Gasteiger partial charge in [0.25, 0.3) is 0 Å². The molecule has 0 saturated carbocycles. The first-order valence-electron chi connectivity index (χ1n) is 5.62. The van der Waals surface area contributed by atoms with Gasteiger partial charge in [-0.1, -0.05) is 6.92 Å². The Balaban J connectivity index is 2.01. The van der Waals surface area contributed by atoms with Crippen molar-refractivity contribution in [2.24, 2.45) is 0 Å². The summed E-state index contributed by atoms with van der Waals surface area (Å²) < 4.78 is 5.38. The van der Waals surface area contributed by atoms with Gasteiger partial charge in [-0.25, -0.2) is 0 Å². The number of thiophene rings is 1. The molecule has 0 aromatic carbocycles. The molecule has 1 aromatic heterocycles.